The molecule has 126 valence electrons. The zero-order chi connectivity index (χ0) is 16.9. The van der Waals surface area contributed by atoms with Gasteiger partial charge in [0.05, 0.1) is 6.54 Å². The summed E-state index contributed by atoms with van der Waals surface area (Å²) in [6.07, 6.45) is 5.92. The first-order chi connectivity index (χ1) is 11.7. The van der Waals surface area contributed by atoms with Gasteiger partial charge >= 0.3 is 0 Å². The highest BCUT2D eigenvalue weighted by Crippen LogP contribution is 2.20. The van der Waals surface area contributed by atoms with E-state index in [1.165, 1.54) is 0 Å². The number of hydrogen-bond acceptors (Lipinski definition) is 3. The minimum Gasteiger partial charge on any atom is -0.359 e. The molecule has 0 bridgehead atoms. The molecule has 1 atom stereocenters. The van der Waals surface area contributed by atoms with Crippen LogP contribution in [-0.2, 0) is 22.7 Å². The Balaban J connectivity index is 1.76. The van der Waals surface area contributed by atoms with Gasteiger partial charge in [0, 0.05) is 55.3 Å². The van der Waals surface area contributed by atoms with Gasteiger partial charge in [0.15, 0.2) is 0 Å². The number of amides is 2. The van der Waals surface area contributed by atoms with Gasteiger partial charge in [-0.2, -0.15) is 0 Å². The van der Waals surface area contributed by atoms with Crippen molar-refractivity contribution in [2.24, 2.45) is 5.92 Å². The fourth-order valence-electron chi connectivity index (χ4n) is 2.98. The van der Waals surface area contributed by atoms with E-state index in [4.69, 9.17) is 0 Å². The van der Waals surface area contributed by atoms with Crippen molar-refractivity contribution in [1.29, 1.82) is 0 Å². The maximum absolute atomic E-state index is 12.6. The fraction of sp³-hybridized carbons (Fsp3) is 0.333. The molecule has 24 heavy (non-hydrogen) atoms. The SMILES string of the molecule is CNC(=O)C[C@H]1CN(C(=O)/C=C/c2cccs2)Cc2cccn2C1. The van der Waals surface area contributed by atoms with Crippen molar-refractivity contribution < 1.29 is 9.59 Å². The van der Waals surface area contributed by atoms with Gasteiger partial charge < -0.3 is 14.8 Å². The average Bonchev–Trinajstić information content (AvgIpc) is 3.21. The third-order valence-corrected chi connectivity index (χ3v) is 5.05. The van der Waals surface area contributed by atoms with Gasteiger partial charge in [0.2, 0.25) is 11.8 Å². The average molecular weight is 343 g/mol. The molecule has 2 amide bonds. The first-order valence-electron chi connectivity index (χ1n) is 8.01. The third-order valence-electron chi connectivity index (χ3n) is 4.21. The Labute approximate surface area is 145 Å². The highest BCUT2D eigenvalue weighted by Gasteiger charge is 2.25. The Morgan fingerprint density at radius 3 is 2.96 bits per heavy atom. The van der Waals surface area contributed by atoms with Crippen LogP contribution in [0, 0.1) is 5.92 Å². The molecular formula is C18H21N3O2S. The number of hydrogen-bond donors (Lipinski definition) is 1. The predicted octanol–water partition coefficient (Wildman–Crippen LogP) is 2.36. The van der Waals surface area contributed by atoms with E-state index >= 15 is 0 Å². The largest absolute Gasteiger partial charge is 0.359 e. The lowest BCUT2D eigenvalue weighted by Crippen LogP contribution is -2.34. The normalized spacial score (nSPS) is 17.5. The molecule has 0 unspecified atom stereocenters. The molecule has 6 heteroatoms. The van der Waals surface area contributed by atoms with Crippen molar-refractivity contribution in [3.63, 3.8) is 0 Å². The van der Waals surface area contributed by atoms with Crippen molar-refractivity contribution in [2.75, 3.05) is 13.6 Å². The Morgan fingerprint density at radius 2 is 2.21 bits per heavy atom. The first kappa shape index (κ1) is 16.5. The summed E-state index contributed by atoms with van der Waals surface area (Å²) in [7, 11) is 1.65. The van der Waals surface area contributed by atoms with Gasteiger partial charge in [-0.15, -0.1) is 11.3 Å². The van der Waals surface area contributed by atoms with Crippen LogP contribution in [0.25, 0.3) is 6.08 Å². The van der Waals surface area contributed by atoms with E-state index < -0.39 is 0 Å². The molecule has 0 radical (unpaired) electrons. The Kier molecular flexibility index (Phi) is 5.15. The molecule has 0 aromatic carbocycles. The van der Waals surface area contributed by atoms with Crippen molar-refractivity contribution in [2.45, 2.75) is 19.5 Å². The van der Waals surface area contributed by atoms with Crippen LogP contribution < -0.4 is 5.32 Å². The second-order valence-corrected chi connectivity index (χ2v) is 6.94. The van der Waals surface area contributed by atoms with Gasteiger partial charge in [-0.25, -0.2) is 0 Å². The number of rotatable bonds is 4. The summed E-state index contributed by atoms with van der Waals surface area (Å²) >= 11 is 1.60. The molecule has 5 nitrogen and oxygen atoms in total. The second-order valence-electron chi connectivity index (χ2n) is 5.96. The van der Waals surface area contributed by atoms with E-state index in [2.05, 4.69) is 9.88 Å². The Hall–Kier alpha value is -2.34. The molecule has 3 rings (SSSR count). The second kappa shape index (κ2) is 7.49. The van der Waals surface area contributed by atoms with Gasteiger partial charge in [-0.1, -0.05) is 6.07 Å². The Morgan fingerprint density at radius 1 is 1.33 bits per heavy atom. The van der Waals surface area contributed by atoms with Crippen molar-refractivity contribution in [1.82, 2.24) is 14.8 Å². The number of nitrogens with one attached hydrogen (secondary N) is 1. The van der Waals surface area contributed by atoms with Crippen LogP contribution in [0.4, 0.5) is 0 Å². The number of fused-ring (bicyclic) bond motifs is 1. The summed E-state index contributed by atoms with van der Waals surface area (Å²) in [6.45, 7) is 1.92. The van der Waals surface area contributed by atoms with Crippen LogP contribution in [0.2, 0.25) is 0 Å². The molecule has 0 saturated carbocycles. The fourth-order valence-corrected chi connectivity index (χ4v) is 3.60. The van der Waals surface area contributed by atoms with Crippen LogP contribution in [0.3, 0.4) is 0 Å². The van der Waals surface area contributed by atoms with Gasteiger partial charge in [-0.3, -0.25) is 9.59 Å². The van der Waals surface area contributed by atoms with Crippen LogP contribution in [0.1, 0.15) is 17.0 Å². The number of carbonyl (C=O) groups excluding carboxylic acids is 2. The van der Waals surface area contributed by atoms with Crippen LogP contribution in [0.15, 0.2) is 41.9 Å². The number of nitrogens with zero attached hydrogens (tertiary/aromatic N) is 2. The smallest absolute Gasteiger partial charge is 0.246 e. The molecule has 3 heterocycles. The first-order valence-corrected chi connectivity index (χ1v) is 8.89. The van der Waals surface area contributed by atoms with Gasteiger partial charge in [0.1, 0.15) is 0 Å². The molecule has 0 aliphatic carbocycles. The third kappa shape index (κ3) is 3.94. The minimum atomic E-state index is -0.0139. The summed E-state index contributed by atoms with van der Waals surface area (Å²) in [4.78, 5) is 27.3. The number of carbonyl (C=O) groups is 2. The van der Waals surface area contributed by atoms with Crippen molar-refractivity contribution in [3.8, 4) is 0 Å². The van der Waals surface area contributed by atoms with Crippen molar-refractivity contribution >= 4 is 29.2 Å². The highest BCUT2D eigenvalue weighted by atomic mass is 32.1. The lowest BCUT2D eigenvalue weighted by atomic mass is 10.0. The zero-order valence-electron chi connectivity index (χ0n) is 13.6. The molecule has 0 saturated heterocycles. The number of thiophene rings is 1. The lowest BCUT2D eigenvalue weighted by Gasteiger charge is -2.22. The molecule has 2 aromatic heterocycles. The highest BCUT2D eigenvalue weighted by molar-refractivity contribution is 7.10. The van der Waals surface area contributed by atoms with Crippen molar-refractivity contribution in [3.05, 3.63) is 52.5 Å². The maximum atomic E-state index is 12.6. The number of aromatic nitrogens is 1. The predicted molar refractivity (Wildman–Crippen MR) is 95.4 cm³/mol. The van der Waals surface area contributed by atoms with E-state index in [-0.39, 0.29) is 17.7 Å². The molecular weight excluding hydrogens is 322 g/mol. The summed E-state index contributed by atoms with van der Waals surface area (Å²) in [5.41, 5.74) is 1.10. The van der Waals surface area contributed by atoms with Crippen LogP contribution in [0.5, 0.6) is 0 Å². The minimum absolute atomic E-state index is 0.0112. The van der Waals surface area contributed by atoms with Crippen LogP contribution in [-0.4, -0.2) is 34.9 Å². The zero-order valence-corrected chi connectivity index (χ0v) is 14.5. The van der Waals surface area contributed by atoms with E-state index in [1.54, 1.807) is 24.5 Å². The van der Waals surface area contributed by atoms with E-state index in [1.807, 2.05) is 46.8 Å². The molecule has 1 N–H and O–H groups in total. The van der Waals surface area contributed by atoms with E-state index in [0.29, 0.717) is 19.5 Å². The van der Waals surface area contributed by atoms with E-state index in [9.17, 15) is 9.59 Å². The summed E-state index contributed by atoms with van der Waals surface area (Å²) in [6, 6.07) is 7.97. The molecule has 1 aliphatic heterocycles. The monoisotopic (exact) mass is 343 g/mol. The summed E-state index contributed by atoms with van der Waals surface area (Å²) in [5, 5.41) is 4.66. The topological polar surface area (TPSA) is 54.3 Å². The quantitative estimate of drug-likeness (QED) is 0.867. The van der Waals surface area contributed by atoms with Gasteiger partial charge in [0.25, 0.3) is 0 Å². The Bertz CT molecular complexity index is 733. The van der Waals surface area contributed by atoms with E-state index in [0.717, 1.165) is 17.1 Å². The molecule has 2 aromatic rings. The molecule has 0 spiro atoms. The summed E-state index contributed by atoms with van der Waals surface area (Å²) in [5.74, 6) is 0.106. The molecule has 0 fully saturated rings. The summed E-state index contributed by atoms with van der Waals surface area (Å²) < 4.78 is 2.14. The maximum Gasteiger partial charge on any atom is 0.246 e. The standard InChI is InChI=1S/C18H21N3O2S/c1-19-17(22)10-14-11-20-8-2-4-15(20)13-21(12-14)18(23)7-6-16-5-3-9-24-16/h2-9,14H,10-13H2,1H3,(H,19,22)/b7-6+/t14-/m1/s1. The lowest BCUT2D eigenvalue weighted by molar-refractivity contribution is -0.128. The van der Waals surface area contributed by atoms with Crippen LogP contribution >= 0.6 is 11.3 Å². The molecule has 1 aliphatic rings. The van der Waals surface area contributed by atoms with Gasteiger partial charge in [-0.05, 0) is 29.7 Å².